The maximum atomic E-state index is 5.25. The minimum absolute atomic E-state index is 0.823. The lowest BCUT2D eigenvalue weighted by Crippen LogP contribution is -2.37. The van der Waals surface area contributed by atoms with Gasteiger partial charge in [0.15, 0.2) is 4.67 Å². The first-order valence-electron chi connectivity index (χ1n) is 5.58. The van der Waals surface area contributed by atoms with E-state index < -0.39 is 0 Å². The molecule has 0 aliphatic carbocycles. The van der Waals surface area contributed by atoms with Crippen molar-refractivity contribution in [3.8, 4) is 0 Å². The minimum atomic E-state index is 0.823. The normalized spacial score (nSPS) is 28.2. The van der Waals surface area contributed by atoms with Gasteiger partial charge in [-0.15, -0.1) is 0 Å². The maximum absolute atomic E-state index is 5.25. The van der Waals surface area contributed by atoms with Gasteiger partial charge in [0, 0.05) is 25.2 Å². The Morgan fingerprint density at radius 3 is 2.60 bits per heavy atom. The van der Waals surface area contributed by atoms with Crippen molar-refractivity contribution in [2.24, 2.45) is 11.8 Å². The third-order valence-electron chi connectivity index (χ3n) is 2.97. The van der Waals surface area contributed by atoms with Crippen LogP contribution in [0.4, 0.5) is 0 Å². The lowest BCUT2D eigenvalue weighted by Gasteiger charge is -2.34. The molecule has 1 aromatic heterocycles. The smallest absolute Gasteiger partial charge is 0.169 e. The van der Waals surface area contributed by atoms with E-state index in [1.165, 1.54) is 25.1 Å². The van der Waals surface area contributed by atoms with Crippen LogP contribution in [0.3, 0.4) is 0 Å². The molecule has 1 saturated heterocycles. The summed E-state index contributed by atoms with van der Waals surface area (Å²) in [6.07, 6.45) is 3.21. The average molecular weight is 272 g/mol. The number of halogens is 1. The Bertz CT molecular complexity index is 313. The molecule has 1 aromatic rings. The van der Waals surface area contributed by atoms with Gasteiger partial charge >= 0.3 is 0 Å². The molecule has 0 saturated carbocycles. The molecule has 1 aliphatic rings. The third kappa shape index (κ3) is 3.08. The summed E-state index contributed by atoms with van der Waals surface area (Å²) in [6.45, 7) is 8.13. The van der Waals surface area contributed by atoms with Crippen LogP contribution in [0.1, 0.15) is 25.8 Å². The fourth-order valence-electron chi connectivity index (χ4n) is 2.61. The summed E-state index contributed by atoms with van der Waals surface area (Å²) < 4.78 is 6.08. The van der Waals surface area contributed by atoms with Crippen molar-refractivity contribution < 1.29 is 4.42 Å². The van der Waals surface area contributed by atoms with Crippen molar-refractivity contribution in [2.75, 3.05) is 13.1 Å². The summed E-state index contributed by atoms with van der Waals surface area (Å²) in [4.78, 5) is 2.52. The van der Waals surface area contributed by atoms with Gasteiger partial charge in [0.05, 0.1) is 6.26 Å². The molecular weight excluding hydrogens is 254 g/mol. The van der Waals surface area contributed by atoms with E-state index in [0.717, 1.165) is 23.1 Å². The first-order valence-corrected chi connectivity index (χ1v) is 6.38. The van der Waals surface area contributed by atoms with Crippen molar-refractivity contribution in [2.45, 2.75) is 26.8 Å². The van der Waals surface area contributed by atoms with Gasteiger partial charge in [-0.05, 0) is 40.3 Å². The molecule has 0 radical (unpaired) electrons. The van der Waals surface area contributed by atoms with Gasteiger partial charge in [-0.25, -0.2) is 0 Å². The number of furan rings is 1. The summed E-state index contributed by atoms with van der Waals surface area (Å²) in [5, 5.41) is 0. The van der Waals surface area contributed by atoms with Gasteiger partial charge in [0.25, 0.3) is 0 Å². The molecular formula is C12H18BrNO. The molecule has 0 aromatic carbocycles. The lowest BCUT2D eigenvalue weighted by molar-refractivity contribution is 0.134. The van der Waals surface area contributed by atoms with Gasteiger partial charge in [-0.2, -0.15) is 0 Å². The molecule has 15 heavy (non-hydrogen) atoms. The number of hydrogen-bond acceptors (Lipinski definition) is 2. The topological polar surface area (TPSA) is 16.4 Å². The fraction of sp³-hybridized carbons (Fsp3) is 0.667. The van der Waals surface area contributed by atoms with Crippen molar-refractivity contribution in [3.05, 3.63) is 22.6 Å². The Labute approximate surface area is 99.8 Å². The Kier molecular flexibility index (Phi) is 3.52. The Morgan fingerprint density at radius 1 is 1.40 bits per heavy atom. The molecule has 2 atom stereocenters. The van der Waals surface area contributed by atoms with Crippen LogP contribution < -0.4 is 0 Å². The van der Waals surface area contributed by atoms with Gasteiger partial charge in [0.2, 0.25) is 0 Å². The summed E-state index contributed by atoms with van der Waals surface area (Å²) in [5.41, 5.74) is 1.27. The zero-order valence-electron chi connectivity index (χ0n) is 9.37. The highest BCUT2D eigenvalue weighted by Gasteiger charge is 2.21. The van der Waals surface area contributed by atoms with E-state index in [-0.39, 0.29) is 0 Å². The summed E-state index contributed by atoms with van der Waals surface area (Å²) in [7, 11) is 0. The molecule has 84 valence electrons. The predicted octanol–water partition coefficient (Wildman–Crippen LogP) is 3.52. The molecule has 3 heteroatoms. The molecule has 2 unspecified atom stereocenters. The molecule has 0 N–H and O–H groups in total. The second-order valence-electron chi connectivity index (χ2n) is 4.90. The zero-order valence-corrected chi connectivity index (χ0v) is 11.0. The van der Waals surface area contributed by atoms with Gasteiger partial charge in [0.1, 0.15) is 0 Å². The van der Waals surface area contributed by atoms with Crippen LogP contribution in [0.25, 0.3) is 0 Å². The van der Waals surface area contributed by atoms with Crippen molar-refractivity contribution in [1.29, 1.82) is 0 Å². The van der Waals surface area contributed by atoms with E-state index in [9.17, 15) is 0 Å². The van der Waals surface area contributed by atoms with Crippen molar-refractivity contribution >= 4 is 15.9 Å². The molecule has 2 rings (SSSR count). The largest absolute Gasteiger partial charge is 0.457 e. The van der Waals surface area contributed by atoms with Gasteiger partial charge in [-0.1, -0.05) is 13.8 Å². The number of piperidine rings is 1. The van der Waals surface area contributed by atoms with E-state index in [1.54, 1.807) is 0 Å². The predicted molar refractivity (Wildman–Crippen MR) is 64.6 cm³/mol. The molecule has 2 heterocycles. The number of likely N-dealkylation sites (tertiary alicyclic amines) is 1. The Balaban J connectivity index is 1.94. The van der Waals surface area contributed by atoms with E-state index in [1.807, 2.05) is 6.26 Å². The molecule has 2 nitrogen and oxygen atoms in total. The summed E-state index contributed by atoms with van der Waals surface area (Å²) in [6, 6.07) is 2.06. The van der Waals surface area contributed by atoms with E-state index in [0.29, 0.717) is 0 Å². The number of nitrogens with zero attached hydrogens (tertiary/aromatic N) is 1. The summed E-state index contributed by atoms with van der Waals surface area (Å²) in [5.74, 6) is 1.65. The average Bonchev–Trinajstić information content (AvgIpc) is 2.49. The first-order chi connectivity index (χ1) is 7.13. The molecule has 0 amide bonds. The number of rotatable bonds is 2. The van der Waals surface area contributed by atoms with Crippen LogP contribution >= 0.6 is 15.9 Å². The van der Waals surface area contributed by atoms with E-state index >= 15 is 0 Å². The van der Waals surface area contributed by atoms with Crippen molar-refractivity contribution in [3.63, 3.8) is 0 Å². The van der Waals surface area contributed by atoms with Gasteiger partial charge < -0.3 is 4.42 Å². The minimum Gasteiger partial charge on any atom is -0.457 e. The lowest BCUT2D eigenvalue weighted by atomic mass is 9.92. The quantitative estimate of drug-likeness (QED) is 0.819. The number of hydrogen-bond donors (Lipinski definition) is 0. The van der Waals surface area contributed by atoms with Crippen LogP contribution in [0, 0.1) is 11.8 Å². The highest BCUT2D eigenvalue weighted by Crippen LogP contribution is 2.23. The van der Waals surface area contributed by atoms with Crippen LogP contribution in [0.5, 0.6) is 0 Å². The molecule has 0 spiro atoms. The van der Waals surface area contributed by atoms with Crippen LogP contribution in [-0.2, 0) is 6.54 Å². The highest BCUT2D eigenvalue weighted by atomic mass is 79.9. The van der Waals surface area contributed by atoms with E-state index in [4.69, 9.17) is 4.42 Å². The van der Waals surface area contributed by atoms with Crippen LogP contribution in [-0.4, -0.2) is 18.0 Å². The Hall–Kier alpha value is -0.280. The molecule has 0 bridgehead atoms. The van der Waals surface area contributed by atoms with Crippen molar-refractivity contribution in [1.82, 2.24) is 4.90 Å². The monoisotopic (exact) mass is 271 g/mol. The first kappa shape index (κ1) is 11.2. The third-order valence-corrected chi connectivity index (χ3v) is 3.39. The fourth-order valence-corrected chi connectivity index (χ4v) is 3.00. The van der Waals surface area contributed by atoms with Gasteiger partial charge in [-0.3, -0.25) is 4.90 Å². The highest BCUT2D eigenvalue weighted by molar-refractivity contribution is 9.10. The standard InChI is InChI=1S/C12H18BrNO/c1-9-3-10(2)6-14(5-9)7-11-4-12(13)15-8-11/h4,8-10H,3,5-7H2,1-2H3. The molecule has 1 aliphatic heterocycles. The maximum Gasteiger partial charge on any atom is 0.169 e. The van der Waals surface area contributed by atoms with E-state index in [2.05, 4.69) is 40.7 Å². The van der Waals surface area contributed by atoms with Crippen LogP contribution in [0.2, 0.25) is 0 Å². The van der Waals surface area contributed by atoms with Crippen LogP contribution in [0.15, 0.2) is 21.4 Å². The molecule has 1 fully saturated rings. The second kappa shape index (κ2) is 4.71. The zero-order chi connectivity index (χ0) is 10.8. The SMILES string of the molecule is CC1CC(C)CN(Cc2coc(Br)c2)C1. The summed E-state index contributed by atoms with van der Waals surface area (Å²) >= 11 is 3.34. The second-order valence-corrected chi connectivity index (χ2v) is 5.68. The Morgan fingerprint density at radius 2 is 2.07 bits per heavy atom.